The summed E-state index contributed by atoms with van der Waals surface area (Å²) in [4.78, 5) is 0. The zero-order chi connectivity index (χ0) is 11.1. The van der Waals surface area contributed by atoms with Crippen molar-refractivity contribution in [1.82, 2.24) is 0 Å². The van der Waals surface area contributed by atoms with Gasteiger partial charge < -0.3 is 5.73 Å². The lowest BCUT2D eigenvalue weighted by Crippen LogP contribution is -2.01. The summed E-state index contributed by atoms with van der Waals surface area (Å²) in [6.45, 7) is 1.98. The highest BCUT2D eigenvalue weighted by molar-refractivity contribution is 5.34. The molecule has 0 aliphatic heterocycles. The van der Waals surface area contributed by atoms with Crippen molar-refractivity contribution < 1.29 is 8.78 Å². The minimum absolute atomic E-state index is 0.0814. The Morgan fingerprint density at radius 3 is 2.36 bits per heavy atom. The molecule has 0 fully saturated rings. The molecule has 0 aromatic heterocycles. The first-order valence-electron chi connectivity index (χ1n) is 4.06. The molecule has 0 saturated carbocycles. The van der Waals surface area contributed by atoms with Gasteiger partial charge in [-0.3, -0.25) is 0 Å². The SMILES string of the molecule is C#C.Cc1c(CN)cccc1C(F)F. The van der Waals surface area contributed by atoms with Crippen LogP contribution in [0.2, 0.25) is 0 Å². The molecule has 0 heterocycles. The minimum atomic E-state index is -2.41. The summed E-state index contributed by atoms with van der Waals surface area (Å²) in [6, 6.07) is 4.80. The Morgan fingerprint density at radius 2 is 1.93 bits per heavy atom. The van der Waals surface area contributed by atoms with Gasteiger partial charge in [-0.05, 0) is 18.1 Å². The molecule has 0 bridgehead atoms. The normalized spacial score (nSPS) is 9.36. The first-order valence-corrected chi connectivity index (χ1v) is 4.06. The lowest BCUT2D eigenvalue weighted by Gasteiger charge is -2.08. The minimum Gasteiger partial charge on any atom is -0.326 e. The molecule has 0 amide bonds. The van der Waals surface area contributed by atoms with Gasteiger partial charge in [-0.25, -0.2) is 8.78 Å². The van der Waals surface area contributed by atoms with E-state index in [0.717, 1.165) is 5.56 Å². The number of nitrogens with two attached hydrogens (primary N) is 1. The monoisotopic (exact) mass is 197 g/mol. The molecule has 0 atom stereocenters. The third-order valence-electron chi connectivity index (χ3n) is 1.94. The number of terminal acetylenes is 1. The smallest absolute Gasteiger partial charge is 0.264 e. The van der Waals surface area contributed by atoms with Crippen LogP contribution in [0.15, 0.2) is 18.2 Å². The van der Waals surface area contributed by atoms with Crippen molar-refractivity contribution in [3.63, 3.8) is 0 Å². The molecule has 0 aliphatic rings. The quantitative estimate of drug-likeness (QED) is 0.725. The zero-order valence-corrected chi connectivity index (χ0v) is 8.00. The number of rotatable bonds is 2. The highest BCUT2D eigenvalue weighted by Gasteiger charge is 2.11. The van der Waals surface area contributed by atoms with E-state index in [4.69, 9.17) is 5.73 Å². The summed E-state index contributed by atoms with van der Waals surface area (Å²) in [5.41, 5.74) is 6.85. The molecule has 1 aromatic rings. The fraction of sp³-hybridized carbons (Fsp3) is 0.273. The summed E-state index contributed by atoms with van der Waals surface area (Å²) >= 11 is 0. The van der Waals surface area contributed by atoms with Gasteiger partial charge in [0.25, 0.3) is 6.43 Å². The van der Waals surface area contributed by atoms with E-state index in [1.54, 1.807) is 19.1 Å². The van der Waals surface area contributed by atoms with Gasteiger partial charge in [0, 0.05) is 12.1 Å². The topological polar surface area (TPSA) is 26.0 Å². The van der Waals surface area contributed by atoms with E-state index >= 15 is 0 Å². The molecule has 2 N–H and O–H groups in total. The van der Waals surface area contributed by atoms with Gasteiger partial charge in [0.05, 0.1) is 0 Å². The van der Waals surface area contributed by atoms with E-state index in [1.165, 1.54) is 6.07 Å². The van der Waals surface area contributed by atoms with Gasteiger partial charge in [0.1, 0.15) is 0 Å². The standard InChI is InChI=1S/C9H11F2N.C2H2/c1-6-7(5-12)3-2-4-8(6)9(10)11;1-2/h2-4,9H,5,12H2,1H3;1-2H. The van der Waals surface area contributed by atoms with Gasteiger partial charge in [-0.15, -0.1) is 12.8 Å². The van der Waals surface area contributed by atoms with Gasteiger partial charge in [0.15, 0.2) is 0 Å². The van der Waals surface area contributed by atoms with E-state index in [9.17, 15) is 8.78 Å². The number of alkyl halides is 2. The maximum atomic E-state index is 12.3. The van der Waals surface area contributed by atoms with E-state index in [0.29, 0.717) is 12.1 Å². The van der Waals surface area contributed by atoms with Crippen LogP contribution in [0.5, 0.6) is 0 Å². The van der Waals surface area contributed by atoms with E-state index < -0.39 is 6.43 Å². The number of halogens is 2. The number of hydrogen-bond donors (Lipinski definition) is 1. The van der Waals surface area contributed by atoms with Crippen LogP contribution in [0.1, 0.15) is 23.1 Å². The summed E-state index contributed by atoms with van der Waals surface area (Å²) < 4.78 is 24.6. The van der Waals surface area contributed by atoms with Crippen LogP contribution in [0.3, 0.4) is 0 Å². The van der Waals surface area contributed by atoms with Gasteiger partial charge in [-0.2, -0.15) is 0 Å². The molecular formula is C11H13F2N. The van der Waals surface area contributed by atoms with Crippen LogP contribution >= 0.6 is 0 Å². The molecule has 0 aliphatic carbocycles. The van der Waals surface area contributed by atoms with Crippen LogP contribution in [0.25, 0.3) is 0 Å². The summed E-state index contributed by atoms with van der Waals surface area (Å²) in [5, 5.41) is 0. The molecule has 14 heavy (non-hydrogen) atoms. The van der Waals surface area contributed by atoms with Crippen molar-refractivity contribution in [3.05, 3.63) is 34.9 Å². The van der Waals surface area contributed by atoms with Gasteiger partial charge >= 0.3 is 0 Å². The van der Waals surface area contributed by atoms with Crippen molar-refractivity contribution in [2.75, 3.05) is 0 Å². The summed E-state index contributed by atoms with van der Waals surface area (Å²) in [6.07, 6.45) is 5.59. The molecule has 1 nitrogen and oxygen atoms in total. The Bertz CT molecular complexity index is 305. The Kier molecular flexibility index (Phi) is 5.50. The van der Waals surface area contributed by atoms with Crippen molar-refractivity contribution in [3.8, 4) is 12.8 Å². The fourth-order valence-corrected chi connectivity index (χ4v) is 1.16. The molecule has 3 heteroatoms. The molecule has 0 spiro atoms. The molecule has 0 saturated heterocycles. The number of benzene rings is 1. The van der Waals surface area contributed by atoms with Crippen molar-refractivity contribution in [1.29, 1.82) is 0 Å². The second-order valence-corrected chi connectivity index (χ2v) is 2.64. The Labute approximate surface area is 82.9 Å². The highest BCUT2D eigenvalue weighted by atomic mass is 19.3. The highest BCUT2D eigenvalue weighted by Crippen LogP contribution is 2.24. The lowest BCUT2D eigenvalue weighted by molar-refractivity contribution is 0.150. The maximum Gasteiger partial charge on any atom is 0.264 e. The first kappa shape index (κ1) is 12.6. The average molecular weight is 197 g/mol. The van der Waals surface area contributed by atoms with Crippen LogP contribution in [0, 0.1) is 19.8 Å². The van der Waals surface area contributed by atoms with E-state index in [2.05, 4.69) is 12.8 Å². The second kappa shape index (κ2) is 6.11. The summed E-state index contributed by atoms with van der Waals surface area (Å²) in [7, 11) is 0. The Hall–Kier alpha value is -1.40. The van der Waals surface area contributed by atoms with Crippen LogP contribution < -0.4 is 5.73 Å². The molecule has 0 unspecified atom stereocenters. The fourth-order valence-electron chi connectivity index (χ4n) is 1.16. The van der Waals surface area contributed by atoms with Crippen LogP contribution in [-0.4, -0.2) is 0 Å². The van der Waals surface area contributed by atoms with Gasteiger partial charge in [0.2, 0.25) is 0 Å². The second-order valence-electron chi connectivity index (χ2n) is 2.64. The van der Waals surface area contributed by atoms with Gasteiger partial charge in [-0.1, -0.05) is 18.2 Å². The predicted molar refractivity (Wildman–Crippen MR) is 53.9 cm³/mol. The van der Waals surface area contributed by atoms with E-state index in [-0.39, 0.29) is 5.56 Å². The van der Waals surface area contributed by atoms with Crippen molar-refractivity contribution in [2.45, 2.75) is 19.9 Å². The van der Waals surface area contributed by atoms with Crippen LogP contribution in [-0.2, 0) is 6.54 Å². The zero-order valence-electron chi connectivity index (χ0n) is 8.00. The molecule has 0 radical (unpaired) electrons. The first-order chi connectivity index (χ1) is 6.66. The lowest BCUT2D eigenvalue weighted by atomic mass is 10.0. The number of hydrogen-bond acceptors (Lipinski definition) is 1. The predicted octanol–water partition coefficient (Wildman–Crippen LogP) is 2.64. The maximum absolute atomic E-state index is 12.3. The summed E-state index contributed by atoms with van der Waals surface area (Å²) in [5.74, 6) is 0. The third-order valence-corrected chi connectivity index (χ3v) is 1.94. The van der Waals surface area contributed by atoms with Crippen molar-refractivity contribution >= 4 is 0 Å². The van der Waals surface area contributed by atoms with E-state index in [1.807, 2.05) is 0 Å². The Balaban J connectivity index is 0.000000791. The molecule has 1 aromatic carbocycles. The average Bonchev–Trinajstić information content (AvgIpc) is 2.21. The largest absolute Gasteiger partial charge is 0.326 e. The molecular weight excluding hydrogens is 184 g/mol. The molecule has 1 rings (SSSR count). The van der Waals surface area contributed by atoms with Crippen LogP contribution in [0.4, 0.5) is 8.78 Å². The van der Waals surface area contributed by atoms with Crippen molar-refractivity contribution in [2.24, 2.45) is 5.73 Å². The molecule has 76 valence electrons. The Morgan fingerprint density at radius 1 is 1.36 bits per heavy atom. The third kappa shape index (κ3) is 2.82.